The summed E-state index contributed by atoms with van der Waals surface area (Å²) in [4.78, 5) is 3.80. The Balaban J connectivity index is 1.84. The van der Waals surface area contributed by atoms with Gasteiger partial charge in [0.05, 0.1) is 3.79 Å². The first-order valence-corrected chi connectivity index (χ1v) is 7.98. The van der Waals surface area contributed by atoms with E-state index in [1.54, 1.807) is 0 Å². The molecule has 0 saturated heterocycles. The van der Waals surface area contributed by atoms with E-state index in [2.05, 4.69) is 69.6 Å². The van der Waals surface area contributed by atoms with Crippen LogP contribution < -0.4 is 5.32 Å². The molecule has 1 N–H and O–H groups in total. The van der Waals surface area contributed by atoms with Gasteiger partial charge in [0.25, 0.3) is 0 Å². The SMILES string of the molecule is CNc1cccc(CN(C)CCc2ccc(Br)s2)c1. The van der Waals surface area contributed by atoms with Gasteiger partial charge in [-0.1, -0.05) is 12.1 Å². The molecule has 1 heterocycles. The molecule has 1 aromatic heterocycles. The topological polar surface area (TPSA) is 15.3 Å². The maximum atomic E-state index is 3.51. The van der Waals surface area contributed by atoms with Gasteiger partial charge in [0.1, 0.15) is 0 Å². The van der Waals surface area contributed by atoms with Gasteiger partial charge in [0, 0.05) is 30.7 Å². The number of likely N-dealkylation sites (N-methyl/N-ethyl adjacent to an activating group) is 1. The molecule has 4 heteroatoms. The Morgan fingerprint density at radius 3 is 2.79 bits per heavy atom. The zero-order chi connectivity index (χ0) is 13.7. The average Bonchev–Trinajstić information content (AvgIpc) is 2.82. The van der Waals surface area contributed by atoms with Gasteiger partial charge in [0.15, 0.2) is 0 Å². The summed E-state index contributed by atoms with van der Waals surface area (Å²) in [6.45, 7) is 2.07. The van der Waals surface area contributed by atoms with Crippen LogP contribution in [0.3, 0.4) is 0 Å². The molecule has 102 valence electrons. The number of benzene rings is 1. The van der Waals surface area contributed by atoms with E-state index in [9.17, 15) is 0 Å². The van der Waals surface area contributed by atoms with Crippen LogP contribution >= 0.6 is 27.3 Å². The van der Waals surface area contributed by atoms with Crippen molar-refractivity contribution in [1.29, 1.82) is 0 Å². The molecule has 0 aliphatic rings. The molecule has 0 amide bonds. The highest BCUT2D eigenvalue weighted by Crippen LogP contribution is 2.22. The molecule has 2 nitrogen and oxygen atoms in total. The number of nitrogens with zero attached hydrogens (tertiary/aromatic N) is 1. The number of hydrogen-bond donors (Lipinski definition) is 1. The van der Waals surface area contributed by atoms with Crippen LogP contribution in [0.15, 0.2) is 40.2 Å². The van der Waals surface area contributed by atoms with Crippen LogP contribution in [0.5, 0.6) is 0 Å². The van der Waals surface area contributed by atoms with Crippen molar-refractivity contribution in [3.63, 3.8) is 0 Å². The fourth-order valence-electron chi connectivity index (χ4n) is 2.00. The maximum absolute atomic E-state index is 3.51. The molecule has 0 aliphatic carbocycles. The van der Waals surface area contributed by atoms with Crippen LogP contribution in [0.2, 0.25) is 0 Å². The number of anilines is 1. The molecule has 0 radical (unpaired) electrons. The molecule has 0 bridgehead atoms. The average molecular weight is 339 g/mol. The molecule has 0 spiro atoms. The van der Waals surface area contributed by atoms with Gasteiger partial charge in [-0.15, -0.1) is 11.3 Å². The molecule has 1 aromatic carbocycles. The summed E-state index contributed by atoms with van der Waals surface area (Å²) < 4.78 is 1.21. The highest BCUT2D eigenvalue weighted by Gasteiger charge is 2.03. The normalized spacial score (nSPS) is 10.9. The third-order valence-corrected chi connectivity index (χ3v) is 4.72. The summed E-state index contributed by atoms with van der Waals surface area (Å²) in [5.41, 5.74) is 2.52. The summed E-state index contributed by atoms with van der Waals surface area (Å²) in [7, 11) is 4.13. The van der Waals surface area contributed by atoms with E-state index < -0.39 is 0 Å². The summed E-state index contributed by atoms with van der Waals surface area (Å²) in [6, 6.07) is 12.9. The van der Waals surface area contributed by atoms with E-state index in [-0.39, 0.29) is 0 Å². The first kappa shape index (κ1) is 14.6. The Bertz CT molecular complexity index is 524. The number of rotatable bonds is 6. The number of nitrogens with one attached hydrogen (secondary N) is 1. The van der Waals surface area contributed by atoms with Gasteiger partial charge in [-0.3, -0.25) is 0 Å². The minimum atomic E-state index is 0.988. The molecule has 2 aromatic rings. The van der Waals surface area contributed by atoms with Gasteiger partial charge in [0.2, 0.25) is 0 Å². The van der Waals surface area contributed by atoms with E-state index in [0.29, 0.717) is 0 Å². The molecule has 2 rings (SSSR count). The fraction of sp³-hybridized carbons (Fsp3) is 0.333. The van der Waals surface area contributed by atoms with Gasteiger partial charge >= 0.3 is 0 Å². The molecule has 0 fully saturated rings. The Hall–Kier alpha value is -0.840. The maximum Gasteiger partial charge on any atom is 0.0701 e. The van der Waals surface area contributed by atoms with Crippen LogP contribution in [-0.4, -0.2) is 25.5 Å². The van der Waals surface area contributed by atoms with Gasteiger partial charge in [-0.25, -0.2) is 0 Å². The van der Waals surface area contributed by atoms with Crippen molar-refractivity contribution in [3.05, 3.63) is 50.6 Å². The zero-order valence-corrected chi connectivity index (χ0v) is 13.7. The van der Waals surface area contributed by atoms with Crippen LogP contribution in [0, 0.1) is 0 Å². The molecular formula is C15H19BrN2S. The predicted molar refractivity (Wildman–Crippen MR) is 88.0 cm³/mol. The van der Waals surface area contributed by atoms with Gasteiger partial charge in [-0.05, 0) is 59.2 Å². The minimum absolute atomic E-state index is 0.988. The molecule has 0 unspecified atom stereocenters. The van der Waals surface area contributed by atoms with Gasteiger partial charge in [-0.2, -0.15) is 0 Å². The lowest BCUT2D eigenvalue weighted by Gasteiger charge is -2.16. The summed E-state index contributed by atoms with van der Waals surface area (Å²) >= 11 is 5.33. The lowest BCUT2D eigenvalue weighted by molar-refractivity contribution is 0.332. The lowest BCUT2D eigenvalue weighted by atomic mass is 10.2. The molecule has 0 atom stereocenters. The van der Waals surface area contributed by atoms with Crippen molar-refractivity contribution in [2.24, 2.45) is 0 Å². The molecular weight excluding hydrogens is 320 g/mol. The molecule has 19 heavy (non-hydrogen) atoms. The van der Waals surface area contributed by atoms with E-state index >= 15 is 0 Å². The number of hydrogen-bond acceptors (Lipinski definition) is 3. The van der Waals surface area contributed by atoms with Crippen LogP contribution in [0.25, 0.3) is 0 Å². The highest BCUT2D eigenvalue weighted by atomic mass is 79.9. The molecule has 0 saturated carbocycles. The molecule has 0 aliphatic heterocycles. The lowest BCUT2D eigenvalue weighted by Crippen LogP contribution is -2.20. The van der Waals surface area contributed by atoms with E-state index in [4.69, 9.17) is 0 Å². The third-order valence-electron chi connectivity index (χ3n) is 3.04. The minimum Gasteiger partial charge on any atom is -0.388 e. The second kappa shape index (κ2) is 7.08. The quantitative estimate of drug-likeness (QED) is 0.847. The smallest absolute Gasteiger partial charge is 0.0701 e. The number of thiophene rings is 1. The van der Waals surface area contributed by atoms with E-state index in [1.807, 2.05) is 18.4 Å². The van der Waals surface area contributed by atoms with Crippen LogP contribution in [0.4, 0.5) is 5.69 Å². The Labute approximate surface area is 127 Å². The second-order valence-corrected chi connectivity index (χ2v) is 7.19. The fourth-order valence-corrected chi connectivity index (χ4v) is 3.47. The van der Waals surface area contributed by atoms with Crippen molar-refractivity contribution < 1.29 is 0 Å². The van der Waals surface area contributed by atoms with Crippen molar-refractivity contribution in [1.82, 2.24) is 4.90 Å². The summed E-state index contributed by atoms with van der Waals surface area (Å²) in [5.74, 6) is 0. The van der Waals surface area contributed by atoms with Gasteiger partial charge < -0.3 is 10.2 Å². The van der Waals surface area contributed by atoms with E-state index in [1.165, 1.54) is 19.9 Å². The standard InChI is InChI=1S/C15H19BrN2S/c1-17-13-5-3-4-12(10-13)11-18(2)9-8-14-6-7-15(16)19-14/h3-7,10,17H,8-9,11H2,1-2H3. The second-order valence-electron chi connectivity index (χ2n) is 4.64. The van der Waals surface area contributed by atoms with Crippen LogP contribution in [-0.2, 0) is 13.0 Å². The van der Waals surface area contributed by atoms with Crippen molar-refractivity contribution in [2.75, 3.05) is 26.0 Å². The Morgan fingerprint density at radius 1 is 1.26 bits per heavy atom. The summed E-state index contributed by atoms with van der Waals surface area (Å²) in [6.07, 6.45) is 1.11. The third kappa shape index (κ3) is 4.64. The first-order valence-electron chi connectivity index (χ1n) is 6.37. The van der Waals surface area contributed by atoms with Crippen molar-refractivity contribution >= 4 is 33.0 Å². The van der Waals surface area contributed by atoms with Crippen LogP contribution in [0.1, 0.15) is 10.4 Å². The van der Waals surface area contributed by atoms with Crippen molar-refractivity contribution in [2.45, 2.75) is 13.0 Å². The number of halogens is 1. The summed E-state index contributed by atoms with van der Waals surface area (Å²) in [5, 5.41) is 3.18. The van der Waals surface area contributed by atoms with Crippen molar-refractivity contribution in [3.8, 4) is 0 Å². The largest absolute Gasteiger partial charge is 0.388 e. The first-order chi connectivity index (χ1) is 9.17. The predicted octanol–water partition coefficient (Wildman–Crippen LogP) is 4.23. The van der Waals surface area contributed by atoms with E-state index in [0.717, 1.165) is 19.5 Å². The monoisotopic (exact) mass is 338 g/mol. The zero-order valence-electron chi connectivity index (χ0n) is 11.3. The highest BCUT2D eigenvalue weighted by molar-refractivity contribution is 9.11. The Morgan fingerprint density at radius 2 is 2.11 bits per heavy atom. The Kier molecular flexibility index (Phi) is 5.43.